The van der Waals surface area contributed by atoms with E-state index in [1.807, 2.05) is 0 Å². The van der Waals surface area contributed by atoms with E-state index in [4.69, 9.17) is 5.11 Å². The lowest BCUT2D eigenvalue weighted by molar-refractivity contribution is -0.140. The molecule has 1 saturated carbocycles. The Kier molecular flexibility index (Phi) is 6.80. The lowest BCUT2D eigenvalue weighted by atomic mass is 10.0. The minimum absolute atomic E-state index is 0.291. The van der Waals surface area contributed by atoms with E-state index in [-0.39, 0.29) is 5.91 Å². The van der Waals surface area contributed by atoms with E-state index in [1.54, 1.807) is 21.6 Å². The topological polar surface area (TPSA) is 66.4 Å². The smallest absolute Gasteiger partial charge is 0.327 e. The summed E-state index contributed by atoms with van der Waals surface area (Å²) in [6.07, 6.45) is 6.36. The second-order valence-electron chi connectivity index (χ2n) is 4.23. The van der Waals surface area contributed by atoms with Crippen molar-refractivity contribution in [1.29, 1.82) is 0 Å². The third-order valence-electron chi connectivity index (χ3n) is 2.67. The molecule has 0 aromatic heterocycles. The van der Waals surface area contributed by atoms with Gasteiger partial charge in [0.05, 0.1) is 0 Å². The van der Waals surface area contributed by atoms with Crippen molar-refractivity contribution in [2.45, 2.75) is 50.3 Å². The van der Waals surface area contributed by atoms with E-state index in [0.717, 1.165) is 0 Å². The van der Waals surface area contributed by atoms with Crippen molar-refractivity contribution < 1.29 is 14.7 Å². The zero-order valence-electron chi connectivity index (χ0n) is 9.98. The van der Waals surface area contributed by atoms with Gasteiger partial charge in [0, 0.05) is 17.9 Å². The average Bonchev–Trinajstić information content (AvgIpc) is 2.28. The van der Waals surface area contributed by atoms with E-state index in [9.17, 15) is 9.59 Å². The summed E-state index contributed by atoms with van der Waals surface area (Å²) in [5, 5.41) is 12.0. The Balaban J connectivity index is 2.21. The highest BCUT2D eigenvalue weighted by Crippen LogP contribution is 2.36. The van der Waals surface area contributed by atoms with Crippen molar-refractivity contribution >= 4 is 33.5 Å². The Labute approximate surface area is 110 Å². The maximum Gasteiger partial charge on any atom is 0.327 e. The molecular weight excluding hydrogens is 258 g/mol. The fourth-order valence-corrected chi connectivity index (χ4v) is 4.74. The fraction of sp³-hybridized carbons (Fsp3) is 0.818. The van der Waals surface area contributed by atoms with Crippen LogP contribution in [0.15, 0.2) is 0 Å². The first-order valence-electron chi connectivity index (χ1n) is 5.87. The molecule has 0 saturated heterocycles. The summed E-state index contributed by atoms with van der Waals surface area (Å²) in [5.41, 5.74) is 0. The summed E-state index contributed by atoms with van der Waals surface area (Å²) in [4.78, 5) is 21.7. The van der Waals surface area contributed by atoms with Crippen molar-refractivity contribution in [1.82, 2.24) is 5.32 Å². The van der Waals surface area contributed by atoms with Crippen molar-refractivity contribution in [2.24, 2.45) is 0 Å². The summed E-state index contributed by atoms with van der Waals surface area (Å²) >= 11 is 0. The van der Waals surface area contributed by atoms with Crippen LogP contribution in [0.2, 0.25) is 0 Å². The number of amides is 1. The van der Waals surface area contributed by atoms with Gasteiger partial charge in [-0.25, -0.2) is 4.79 Å². The van der Waals surface area contributed by atoms with E-state index in [0.29, 0.717) is 11.0 Å². The normalized spacial score (nSPS) is 18.6. The molecule has 0 aromatic rings. The van der Waals surface area contributed by atoms with Gasteiger partial charge in [-0.3, -0.25) is 4.79 Å². The Hall–Kier alpha value is -0.360. The molecule has 4 nitrogen and oxygen atoms in total. The Morgan fingerprint density at radius 3 is 2.53 bits per heavy atom. The van der Waals surface area contributed by atoms with Crippen LogP contribution in [0.4, 0.5) is 0 Å². The number of carbonyl (C=O) groups is 2. The second-order valence-corrected chi connectivity index (χ2v) is 6.94. The number of carboxylic acids is 1. The van der Waals surface area contributed by atoms with E-state index >= 15 is 0 Å². The molecule has 0 spiro atoms. The van der Waals surface area contributed by atoms with Gasteiger partial charge in [-0.2, -0.15) is 0 Å². The molecule has 0 aliphatic heterocycles. The van der Waals surface area contributed by atoms with Crippen LogP contribution in [-0.4, -0.2) is 34.0 Å². The molecule has 6 heteroatoms. The molecule has 1 aliphatic rings. The van der Waals surface area contributed by atoms with Gasteiger partial charge in [0.1, 0.15) is 6.04 Å². The highest BCUT2D eigenvalue weighted by molar-refractivity contribution is 8.76. The molecule has 0 heterocycles. The van der Waals surface area contributed by atoms with Crippen LogP contribution in [0, 0.1) is 0 Å². The second kappa shape index (κ2) is 7.87. The SMILES string of the molecule is CC(=O)N[C@@H](CSSC1CCCCC1)C(=O)O. The maximum absolute atomic E-state index is 10.9. The highest BCUT2D eigenvalue weighted by atomic mass is 33.1. The van der Waals surface area contributed by atoms with Gasteiger partial charge in [0.25, 0.3) is 0 Å². The summed E-state index contributed by atoms with van der Waals surface area (Å²) in [6.45, 7) is 1.34. The number of aliphatic carboxylic acids is 1. The third-order valence-corrected chi connectivity index (χ3v) is 5.65. The summed E-state index contributed by atoms with van der Waals surface area (Å²) in [6, 6.07) is -0.770. The van der Waals surface area contributed by atoms with Crippen LogP contribution >= 0.6 is 21.6 Å². The zero-order chi connectivity index (χ0) is 12.7. The van der Waals surface area contributed by atoms with Crippen LogP contribution in [0.25, 0.3) is 0 Å². The standard InChI is InChI=1S/C11H19NO3S2/c1-8(13)12-10(11(14)15)7-16-17-9-5-3-2-4-6-9/h9-10H,2-7H2,1H3,(H,12,13)(H,14,15)/t10-/m0/s1. The molecule has 2 N–H and O–H groups in total. The van der Waals surface area contributed by atoms with Crippen LogP contribution in [0.5, 0.6) is 0 Å². The number of carboxylic acid groups (broad SMARTS) is 1. The molecule has 1 aliphatic carbocycles. The van der Waals surface area contributed by atoms with Crippen molar-refractivity contribution in [3.63, 3.8) is 0 Å². The van der Waals surface area contributed by atoms with Crippen LogP contribution < -0.4 is 5.32 Å². The van der Waals surface area contributed by atoms with Crippen LogP contribution in [-0.2, 0) is 9.59 Å². The quantitative estimate of drug-likeness (QED) is 0.729. The van der Waals surface area contributed by atoms with Crippen molar-refractivity contribution in [2.75, 3.05) is 5.75 Å². The molecule has 0 unspecified atom stereocenters. The predicted octanol–water partition coefficient (Wildman–Crippen LogP) is 2.29. The number of hydrogen-bond donors (Lipinski definition) is 2. The Bertz CT molecular complexity index is 267. The van der Waals surface area contributed by atoms with Gasteiger partial charge in [0.15, 0.2) is 0 Å². The molecule has 1 amide bonds. The monoisotopic (exact) mass is 277 g/mol. The number of nitrogens with one attached hydrogen (secondary N) is 1. The van der Waals surface area contributed by atoms with Crippen molar-refractivity contribution in [3.05, 3.63) is 0 Å². The van der Waals surface area contributed by atoms with Gasteiger partial charge in [-0.1, -0.05) is 40.9 Å². The average molecular weight is 277 g/mol. The van der Waals surface area contributed by atoms with Gasteiger partial charge in [-0.15, -0.1) is 0 Å². The highest BCUT2D eigenvalue weighted by Gasteiger charge is 2.20. The molecule has 17 heavy (non-hydrogen) atoms. The lowest BCUT2D eigenvalue weighted by Crippen LogP contribution is -2.41. The molecular formula is C11H19NO3S2. The first kappa shape index (κ1) is 14.7. The Morgan fingerprint density at radius 2 is 2.00 bits per heavy atom. The molecule has 1 fully saturated rings. The molecule has 0 bridgehead atoms. The number of carbonyl (C=O) groups excluding carboxylic acids is 1. The fourth-order valence-electron chi connectivity index (χ4n) is 1.78. The predicted molar refractivity (Wildman–Crippen MR) is 72.2 cm³/mol. The molecule has 1 rings (SSSR count). The minimum Gasteiger partial charge on any atom is -0.480 e. The Morgan fingerprint density at radius 1 is 1.35 bits per heavy atom. The van der Waals surface area contributed by atoms with Gasteiger partial charge in [0.2, 0.25) is 5.91 Å². The number of hydrogen-bond acceptors (Lipinski definition) is 4. The zero-order valence-corrected chi connectivity index (χ0v) is 11.6. The first-order chi connectivity index (χ1) is 8.09. The maximum atomic E-state index is 10.9. The van der Waals surface area contributed by atoms with Gasteiger partial charge < -0.3 is 10.4 Å². The van der Waals surface area contributed by atoms with E-state index in [2.05, 4.69) is 5.32 Å². The molecule has 98 valence electrons. The lowest BCUT2D eigenvalue weighted by Gasteiger charge is -2.21. The minimum atomic E-state index is -0.961. The summed E-state index contributed by atoms with van der Waals surface area (Å²) in [5.74, 6) is -0.826. The van der Waals surface area contributed by atoms with Crippen LogP contribution in [0.3, 0.4) is 0 Å². The third kappa shape index (κ3) is 6.21. The summed E-state index contributed by atoms with van der Waals surface area (Å²) < 4.78 is 0. The largest absolute Gasteiger partial charge is 0.480 e. The van der Waals surface area contributed by atoms with E-state index in [1.165, 1.54) is 39.0 Å². The van der Waals surface area contributed by atoms with Crippen molar-refractivity contribution in [3.8, 4) is 0 Å². The van der Waals surface area contributed by atoms with E-state index < -0.39 is 12.0 Å². The summed E-state index contributed by atoms with van der Waals surface area (Å²) in [7, 11) is 3.33. The first-order valence-corrected chi connectivity index (χ1v) is 8.26. The molecule has 1 atom stereocenters. The van der Waals surface area contributed by atoms with Gasteiger partial charge in [-0.05, 0) is 12.8 Å². The molecule has 0 radical (unpaired) electrons. The van der Waals surface area contributed by atoms with Crippen LogP contribution in [0.1, 0.15) is 39.0 Å². The molecule has 0 aromatic carbocycles. The van der Waals surface area contributed by atoms with Gasteiger partial charge >= 0.3 is 5.97 Å². The number of rotatable bonds is 6.